The molecule has 2 aromatic heterocycles. The number of likely N-dealkylation sites (tertiary alicyclic amines) is 1. The minimum atomic E-state index is -1.82. The zero-order chi connectivity index (χ0) is 26.4. The van der Waals surface area contributed by atoms with Gasteiger partial charge in [0.2, 0.25) is 0 Å². The summed E-state index contributed by atoms with van der Waals surface area (Å²) in [7, 11) is 0. The maximum atomic E-state index is 10.6. The molecule has 7 nitrogen and oxygen atoms in total. The SMILES string of the molecule is CCc1c(C2CCN(C[C@H](O)COc3cccc4sccc34)CC2)sc2ccccc12.O=C(O)C(=O)O. The summed E-state index contributed by atoms with van der Waals surface area (Å²) in [6.45, 7) is 5.38. The maximum Gasteiger partial charge on any atom is 0.414 e. The van der Waals surface area contributed by atoms with Crippen molar-refractivity contribution in [2.45, 2.75) is 38.2 Å². The van der Waals surface area contributed by atoms with Crippen molar-refractivity contribution < 1.29 is 29.6 Å². The molecule has 5 rings (SSSR count). The summed E-state index contributed by atoms with van der Waals surface area (Å²) < 4.78 is 8.61. The first-order valence-corrected chi connectivity index (χ1v) is 14.0. The molecule has 0 radical (unpaired) electrons. The number of carboxylic acid groups (broad SMARTS) is 2. The second-order valence-electron chi connectivity index (χ2n) is 9.03. The van der Waals surface area contributed by atoms with Crippen molar-refractivity contribution in [3.05, 3.63) is 64.4 Å². The van der Waals surface area contributed by atoms with Crippen molar-refractivity contribution in [3.63, 3.8) is 0 Å². The van der Waals surface area contributed by atoms with Gasteiger partial charge in [0.15, 0.2) is 0 Å². The van der Waals surface area contributed by atoms with E-state index in [9.17, 15) is 5.11 Å². The third-order valence-corrected chi connectivity index (χ3v) is 8.84. The Balaban J connectivity index is 0.000000480. The van der Waals surface area contributed by atoms with Gasteiger partial charge in [-0.15, -0.1) is 22.7 Å². The molecule has 1 fully saturated rings. The van der Waals surface area contributed by atoms with Gasteiger partial charge in [0.25, 0.3) is 0 Å². The summed E-state index contributed by atoms with van der Waals surface area (Å²) in [6, 6.07) is 17.0. The molecule has 2 aromatic carbocycles. The van der Waals surface area contributed by atoms with E-state index in [1.54, 1.807) is 21.8 Å². The first-order chi connectivity index (χ1) is 17.9. The van der Waals surface area contributed by atoms with Crippen LogP contribution in [0.4, 0.5) is 0 Å². The molecule has 196 valence electrons. The number of nitrogens with zero attached hydrogens (tertiary/aromatic N) is 1. The Morgan fingerprint density at radius 3 is 2.41 bits per heavy atom. The van der Waals surface area contributed by atoms with Crippen molar-refractivity contribution >= 4 is 54.8 Å². The molecular formula is C28H31NO6S2. The molecule has 1 aliphatic rings. The van der Waals surface area contributed by atoms with Gasteiger partial charge in [0, 0.05) is 26.2 Å². The standard InChI is InChI=1S/C26H29NO2S2.C2H2O4/c1-2-20-21-6-3-4-8-25(21)31-26(20)18-10-13-27(14-11-18)16-19(28)17-29-23-7-5-9-24-22(23)12-15-30-24;3-1(4)2(5)6/h3-9,12,15,18-19,28H,2,10-11,13-14,16-17H2,1H3;(H,3,4)(H,5,6)/t19-;/m0./s1. The maximum absolute atomic E-state index is 10.6. The first kappa shape index (κ1) is 27.1. The summed E-state index contributed by atoms with van der Waals surface area (Å²) >= 11 is 3.71. The number of fused-ring (bicyclic) bond motifs is 2. The second kappa shape index (κ2) is 12.5. The number of aliphatic hydroxyl groups is 1. The normalized spacial score (nSPS) is 15.3. The number of rotatable bonds is 7. The quantitative estimate of drug-likeness (QED) is 0.267. The van der Waals surface area contributed by atoms with Crippen LogP contribution in [0.15, 0.2) is 53.9 Å². The summed E-state index contributed by atoms with van der Waals surface area (Å²) in [5.74, 6) is -2.13. The Hall–Kier alpha value is -2.98. The van der Waals surface area contributed by atoms with Gasteiger partial charge < -0.3 is 25.0 Å². The van der Waals surface area contributed by atoms with Crippen LogP contribution in [0.1, 0.15) is 36.1 Å². The number of benzene rings is 2. The summed E-state index contributed by atoms with van der Waals surface area (Å²) in [5.41, 5.74) is 1.55. The molecule has 1 saturated heterocycles. The Labute approximate surface area is 223 Å². The van der Waals surface area contributed by atoms with Crippen LogP contribution in [-0.2, 0) is 16.0 Å². The molecule has 3 N–H and O–H groups in total. The van der Waals surface area contributed by atoms with Crippen LogP contribution >= 0.6 is 22.7 Å². The van der Waals surface area contributed by atoms with Gasteiger partial charge in [-0.05, 0) is 78.9 Å². The molecule has 1 atom stereocenters. The minimum Gasteiger partial charge on any atom is -0.490 e. The predicted molar refractivity (Wildman–Crippen MR) is 148 cm³/mol. The Morgan fingerprint density at radius 2 is 1.70 bits per heavy atom. The predicted octanol–water partition coefficient (Wildman–Crippen LogP) is 5.45. The molecule has 0 spiro atoms. The fourth-order valence-electron chi connectivity index (χ4n) is 4.82. The average molecular weight is 542 g/mol. The van der Waals surface area contributed by atoms with E-state index in [2.05, 4.69) is 53.6 Å². The van der Waals surface area contributed by atoms with Crippen LogP contribution in [-0.4, -0.2) is 64.5 Å². The lowest BCUT2D eigenvalue weighted by Gasteiger charge is -2.33. The van der Waals surface area contributed by atoms with Gasteiger partial charge in [-0.3, -0.25) is 0 Å². The summed E-state index contributed by atoms with van der Waals surface area (Å²) in [4.78, 5) is 22.2. The number of ether oxygens (including phenoxy) is 1. The lowest BCUT2D eigenvalue weighted by Crippen LogP contribution is -2.40. The molecular weight excluding hydrogens is 510 g/mol. The number of aliphatic carboxylic acids is 2. The largest absolute Gasteiger partial charge is 0.490 e. The fraction of sp³-hybridized carbons (Fsp3) is 0.357. The van der Waals surface area contributed by atoms with Crippen LogP contribution in [0.3, 0.4) is 0 Å². The summed E-state index contributed by atoms with van der Waals surface area (Å²) in [5, 5.41) is 30.0. The second-order valence-corrected chi connectivity index (χ2v) is 11.1. The van der Waals surface area contributed by atoms with Crippen LogP contribution in [0.2, 0.25) is 0 Å². The van der Waals surface area contributed by atoms with Gasteiger partial charge in [-0.1, -0.05) is 31.2 Å². The van der Waals surface area contributed by atoms with Gasteiger partial charge in [-0.25, -0.2) is 9.59 Å². The summed E-state index contributed by atoms with van der Waals surface area (Å²) in [6.07, 6.45) is 2.97. The number of hydrogen-bond acceptors (Lipinski definition) is 7. The molecule has 0 unspecified atom stereocenters. The molecule has 0 amide bonds. The van der Waals surface area contributed by atoms with E-state index >= 15 is 0 Å². The molecule has 4 aromatic rings. The molecule has 0 bridgehead atoms. The molecule has 37 heavy (non-hydrogen) atoms. The van der Waals surface area contributed by atoms with Gasteiger partial charge >= 0.3 is 11.9 Å². The lowest BCUT2D eigenvalue weighted by molar-refractivity contribution is -0.159. The number of β-amino-alcohol motifs (C(OH)–C–C–N with tert-alkyl or cyclic N) is 1. The third kappa shape index (κ3) is 6.67. The number of carbonyl (C=O) groups is 2. The molecule has 9 heteroatoms. The Bertz CT molecular complexity index is 1340. The van der Waals surface area contributed by atoms with Gasteiger partial charge in [0.1, 0.15) is 18.5 Å². The van der Waals surface area contributed by atoms with Crippen molar-refractivity contribution in [3.8, 4) is 5.75 Å². The van der Waals surface area contributed by atoms with Crippen LogP contribution in [0.5, 0.6) is 5.75 Å². The highest BCUT2D eigenvalue weighted by atomic mass is 32.1. The highest BCUT2D eigenvalue weighted by molar-refractivity contribution is 7.19. The lowest BCUT2D eigenvalue weighted by atomic mass is 9.91. The number of thiophene rings is 2. The zero-order valence-electron chi connectivity index (χ0n) is 20.6. The van der Waals surface area contributed by atoms with Crippen LogP contribution in [0.25, 0.3) is 20.2 Å². The zero-order valence-corrected chi connectivity index (χ0v) is 22.3. The molecule has 1 aliphatic heterocycles. The van der Waals surface area contributed by atoms with Crippen molar-refractivity contribution in [2.24, 2.45) is 0 Å². The minimum absolute atomic E-state index is 0.338. The van der Waals surface area contributed by atoms with Crippen molar-refractivity contribution in [1.82, 2.24) is 4.90 Å². The van der Waals surface area contributed by atoms with E-state index in [1.165, 1.54) is 27.6 Å². The third-order valence-electron chi connectivity index (χ3n) is 6.58. The number of hydrogen-bond donors (Lipinski definition) is 3. The molecule has 0 aliphatic carbocycles. The van der Waals surface area contributed by atoms with E-state index in [0.717, 1.165) is 30.6 Å². The highest BCUT2D eigenvalue weighted by Crippen LogP contribution is 2.40. The van der Waals surface area contributed by atoms with E-state index in [0.29, 0.717) is 19.1 Å². The number of carboxylic acids is 2. The van der Waals surface area contributed by atoms with E-state index < -0.39 is 18.0 Å². The molecule has 3 heterocycles. The Kier molecular flexibility index (Phi) is 9.15. The van der Waals surface area contributed by atoms with Crippen molar-refractivity contribution in [2.75, 3.05) is 26.2 Å². The van der Waals surface area contributed by atoms with E-state index in [-0.39, 0.29) is 0 Å². The average Bonchev–Trinajstić information content (AvgIpc) is 3.53. The topological polar surface area (TPSA) is 107 Å². The van der Waals surface area contributed by atoms with Crippen LogP contribution in [0, 0.1) is 0 Å². The number of piperidine rings is 1. The van der Waals surface area contributed by atoms with Crippen molar-refractivity contribution in [1.29, 1.82) is 0 Å². The van der Waals surface area contributed by atoms with Gasteiger partial charge in [0.05, 0.1) is 0 Å². The number of aryl methyl sites for hydroxylation is 1. The first-order valence-electron chi connectivity index (χ1n) is 12.3. The number of aliphatic hydroxyl groups excluding tert-OH is 1. The monoisotopic (exact) mass is 541 g/mol. The van der Waals surface area contributed by atoms with Crippen LogP contribution < -0.4 is 4.74 Å². The Morgan fingerprint density at radius 1 is 1.00 bits per heavy atom. The molecule has 0 saturated carbocycles. The fourth-order valence-corrected chi connectivity index (χ4v) is 7.09. The van der Waals surface area contributed by atoms with Gasteiger partial charge in [-0.2, -0.15) is 0 Å². The smallest absolute Gasteiger partial charge is 0.414 e. The highest BCUT2D eigenvalue weighted by Gasteiger charge is 2.26. The van der Waals surface area contributed by atoms with E-state index in [4.69, 9.17) is 24.5 Å². The van der Waals surface area contributed by atoms with E-state index in [1.807, 2.05) is 23.5 Å².